The van der Waals surface area contributed by atoms with Gasteiger partial charge in [0, 0.05) is 45.1 Å². The number of aromatic amines is 1. The quantitative estimate of drug-likeness (QED) is 0.886. The van der Waals surface area contributed by atoms with Crippen molar-refractivity contribution >= 4 is 5.91 Å². The number of aromatic nitrogens is 2. The van der Waals surface area contributed by atoms with Gasteiger partial charge >= 0.3 is 0 Å². The van der Waals surface area contributed by atoms with E-state index >= 15 is 0 Å². The van der Waals surface area contributed by atoms with E-state index in [1.165, 1.54) is 13.2 Å². The van der Waals surface area contributed by atoms with Crippen LogP contribution >= 0.6 is 0 Å². The third-order valence-corrected chi connectivity index (χ3v) is 5.45. The van der Waals surface area contributed by atoms with Gasteiger partial charge in [-0.2, -0.15) is 0 Å². The molecular weight excluding hydrogens is 335 g/mol. The summed E-state index contributed by atoms with van der Waals surface area (Å²) in [6, 6.07) is 6.51. The molecule has 0 bridgehead atoms. The molecule has 0 spiro atoms. The maximum atomic E-state index is 13.8. The molecule has 0 unspecified atom stereocenters. The fraction of sp³-hybridized carbons (Fsp3) is 0.474. The molecule has 3 heterocycles. The number of nitrogens with one attached hydrogen (secondary N) is 1. The fourth-order valence-corrected chi connectivity index (χ4v) is 4.44. The number of nitrogens with zero attached hydrogens (tertiary/aromatic N) is 3. The Bertz CT molecular complexity index is 767. The molecule has 3 atom stereocenters. The summed E-state index contributed by atoms with van der Waals surface area (Å²) in [5.74, 6) is 1.30. The van der Waals surface area contributed by atoms with E-state index in [1.54, 1.807) is 18.3 Å². The van der Waals surface area contributed by atoms with Crippen molar-refractivity contribution < 1.29 is 13.9 Å². The molecule has 2 aliphatic rings. The number of likely N-dealkylation sites (tertiary alicyclic amines) is 2. The third-order valence-electron chi connectivity index (χ3n) is 5.45. The summed E-state index contributed by atoms with van der Waals surface area (Å²) in [6.07, 6.45) is 3.58. The third kappa shape index (κ3) is 3.24. The van der Waals surface area contributed by atoms with Crippen LogP contribution in [0.3, 0.4) is 0 Å². The monoisotopic (exact) mass is 358 g/mol. The molecule has 1 N–H and O–H groups in total. The Morgan fingerprint density at radius 3 is 3.00 bits per heavy atom. The van der Waals surface area contributed by atoms with Gasteiger partial charge in [-0.3, -0.25) is 9.69 Å². The van der Waals surface area contributed by atoms with Crippen LogP contribution in [0.4, 0.5) is 4.39 Å². The molecule has 0 radical (unpaired) electrons. The fourth-order valence-electron chi connectivity index (χ4n) is 4.44. The van der Waals surface area contributed by atoms with Crippen molar-refractivity contribution in [3.8, 4) is 0 Å². The molecule has 0 aliphatic carbocycles. The topological polar surface area (TPSA) is 61.5 Å². The molecule has 2 fully saturated rings. The Kier molecular flexibility index (Phi) is 4.74. The molecule has 138 valence electrons. The van der Waals surface area contributed by atoms with Gasteiger partial charge in [0.05, 0.1) is 12.6 Å². The van der Waals surface area contributed by atoms with E-state index in [4.69, 9.17) is 4.74 Å². The highest BCUT2D eigenvalue weighted by molar-refractivity contribution is 5.78. The smallest absolute Gasteiger partial charge is 0.249 e. The van der Waals surface area contributed by atoms with E-state index in [-0.39, 0.29) is 30.3 Å². The molecule has 1 aromatic heterocycles. The molecule has 4 rings (SSSR count). The SMILES string of the molecule is COCC(=O)N1C[C@H]2CN(Cc3ncc[nH]3)C[C@H]2[C@@H]1c1cccc(F)c1. The molecule has 2 aliphatic heterocycles. The lowest BCUT2D eigenvalue weighted by Gasteiger charge is -2.29. The van der Waals surface area contributed by atoms with Gasteiger partial charge in [-0.1, -0.05) is 12.1 Å². The average Bonchev–Trinajstić information content (AvgIpc) is 3.31. The van der Waals surface area contributed by atoms with E-state index in [1.807, 2.05) is 17.2 Å². The Hall–Kier alpha value is -2.25. The second-order valence-electron chi connectivity index (χ2n) is 7.13. The lowest BCUT2D eigenvalue weighted by atomic mass is 9.89. The van der Waals surface area contributed by atoms with Crippen molar-refractivity contribution in [3.05, 3.63) is 53.9 Å². The summed E-state index contributed by atoms with van der Waals surface area (Å²) in [7, 11) is 1.52. The minimum Gasteiger partial charge on any atom is -0.375 e. The number of ether oxygens (including phenoxy) is 1. The predicted molar refractivity (Wildman–Crippen MR) is 93.6 cm³/mol. The summed E-state index contributed by atoms with van der Waals surface area (Å²) in [4.78, 5) is 24.2. The van der Waals surface area contributed by atoms with Crippen molar-refractivity contribution in [2.24, 2.45) is 11.8 Å². The first-order valence-corrected chi connectivity index (χ1v) is 8.90. The van der Waals surface area contributed by atoms with Crippen LogP contribution in [0.15, 0.2) is 36.7 Å². The summed E-state index contributed by atoms with van der Waals surface area (Å²) in [5.41, 5.74) is 0.863. The van der Waals surface area contributed by atoms with Crippen LogP contribution in [0.2, 0.25) is 0 Å². The van der Waals surface area contributed by atoms with Crippen LogP contribution in [-0.2, 0) is 16.1 Å². The number of carbonyl (C=O) groups is 1. The molecule has 1 amide bonds. The van der Waals surface area contributed by atoms with E-state index < -0.39 is 0 Å². The highest BCUT2D eigenvalue weighted by atomic mass is 19.1. The number of methoxy groups -OCH3 is 1. The van der Waals surface area contributed by atoms with Gasteiger partial charge in [-0.25, -0.2) is 9.37 Å². The summed E-state index contributed by atoms with van der Waals surface area (Å²) >= 11 is 0. The standard InChI is InChI=1S/C19H23FN4O2/c1-26-12-18(25)24-9-14-8-23(11-17-21-5-6-22-17)10-16(14)19(24)13-3-2-4-15(20)7-13/h2-7,14,16,19H,8-12H2,1H3,(H,21,22)/t14-,16-,19+/m1/s1. The normalized spacial score (nSPS) is 25.6. The lowest BCUT2D eigenvalue weighted by Crippen LogP contribution is -2.37. The Labute approximate surface area is 152 Å². The van der Waals surface area contributed by atoms with Gasteiger partial charge in [-0.05, 0) is 23.6 Å². The van der Waals surface area contributed by atoms with Gasteiger partial charge in [-0.15, -0.1) is 0 Å². The van der Waals surface area contributed by atoms with Crippen LogP contribution in [0.1, 0.15) is 17.4 Å². The van der Waals surface area contributed by atoms with Crippen LogP contribution < -0.4 is 0 Å². The van der Waals surface area contributed by atoms with Crippen LogP contribution in [-0.4, -0.2) is 59.0 Å². The summed E-state index contributed by atoms with van der Waals surface area (Å²) in [5, 5.41) is 0. The Balaban J connectivity index is 1.57. The number of carbonyl (C=O) groups excluding carboxylic acids is 1. The zero-order chi connectivity index (χ0) is 18.1. The van der Waals surface area contributed by atoms with Gasteiger partial charge in [0.15, 0.2) is 0 Å². The number of halogens is 1. The van der Waals surface area contributed by atoms with Gasteiger partial charge in [0.1, 0.15) is 18.2 Å². The zero-order valence-electron chi connectivity index (χ0n) is 14.8. The van der Waals surface area contributed by atoms with Crippen LogP contribution in [0.5, 0.6) is 0 Å². The minimum atomic E-state index is -0.268. The van der Waals surface area contributed by atoms with Crippen LogP contribution in [0, 0.1) is 17.7 Å². The number of benzene rings is 1. The lowest BCUT2D eigenvalue weighted by molar-refractivity contribution is -0.136. The molecular formula is C19H23FN4O2. The first-order valence-electron chi connectivity index (χ1n) is 8.90. The second kappa shape index (κ2) is 7.17. The number of H-pyrrole nitrogens is 1. The highest BCUT2D eigenvalue weighted by Crippen LogP contribution is 2.45. The highest BCUT2D eigenvalue weighted by Gasteiger charge is 2.49. The number of fused-ring (bicyclic) bond motifs is 1. The molecule has 2 saturated heterocycles. The van der Waals surface area contributed by atoms with Gasteiger partial charge in [0.2, 0.25) is 5.91 Å². The molecule has 2 aromatic rings. The van der Waals surface area contributed by atoms with Crippen LogP contribution in [0.25, 0.3) is 0 Å². The minimum absolute atomic E-state index is 0.0336. The molecule has 7 heteroatoms. The van der Waals surface area contributed by atoms with E-state index in [0.717, 1.165) is 31.0 Å². The average molecular weight is 358 g/mol. The Morgan fingerprint density at radius 2 is 2.27 bits per heavy atom. The molecule has 1 aromatic carbocycles. The number of hydrogen-bond acceptors (Lipinski definition) is 4. The largest absolute Gasteiger partial charge is 0.375 e. The maximum Gasteiger partial charge on any atom is 0.249 e. The Morgan fingerprint density at radius 1 is 1.38 bits per heavy atom. The first-order chi connectivity index (χ1) is 12.7. The van der Waals surface area contributed by atoms with Crippen molar-refractivity contribution in [1.82, 2.24) is 19.8 Å². The van der Waals surface area contributed by atoms with Gasteiger partial charge in [0.25, 0.3) is 0 Å². The predicted octanol–water partition coefficient (Wildman–Crippen LogP) is 1.83. The first kappa shape index (κ1) is 17.2. The van der Waals surface area contributed by atoms with Gasteiger partial charge < -0.3 is 14.6 Å². The van der Waals surface area contributed by atoms with E-state index in [0.29, 0.717) is 12.5 Å². The molecule has 26 heavy (non-hydrogen) atoms. The number of amides is 1. The van der Waals surface area contributed by atoms with Crippen molar-refractivity contribution in [2.45, 2.75) is 12.6 Å². The zero-order valence-corrected chi connectivity index (χ0v) is 14.8. The summed E-state index contributed by atoms with van der Waals surface area (Å²) < 4.78 is 18.9. The second-order valence-corrected chi connectivity index (χ2v) is 7.13. The number of rotatable bonds is 5. The molecule has 0 saturated carbocycles. The number of hydrogen-bond donors (Lipinski definition) is 1. The van der Waals surface area contributed by atoms with E-state index in [9.17, 15) is 9.18 Å². The van der Waals surface area contributed by atoms with E-state index in [2.05, 4.69) is 14.9 Å². The number of imidazole rings is 1. The van der Waals surface area contributed by atoms with Crippen molar-refractivity contribution in [1.29, 1.82) is 0 Å². The van der Waals surface area contributed by atoms with Crippen molar-refractivity contribution in [2.75, 3.05) is 33.4 Å². The summed E-state index contributed by atoms with van der Waals surface area (Å²) in [6.45, 7) is 3.28. The maximum absolute atomic E-state index is 13.8. The molecule has 6 nitrogen and oxygen atoms in total. The van der Waals surface area contributed by atoms with Crippen molar-refractivity contribution in [3.63, 3.8) is 0 Å².